The second-order valence-corrected chi connectivity index (χ2v) is 5.69. The first-order valence-corrected chi connectivity index (χ1v) is 7.53. The van der Waals surface area contributed by atoms with E-state index in [1.165, 1.54) is 22.3 Å². The molecule has 0 spiro atoms. The molecule has 2 heteroatoms. The van der Waals surface area contributed by atoms with Gasteiger partial charge in [0.2, 0.25) is 0 Å². The summed E-state index contributed by atoms with van der Waals surface area (Å²) in [7, 11) is 0. The molecule has 0 bridgehead atoms. The maximum absolute atomic E-state index is 9.82. The van der Waals surface area contributed by atoms with E-state index in [1.54, 1.807) is 6.07 Å². The second-order valence-electron chi connectivity index (χ2n) is 5.69. The predicted molar refractivity (Wildman–Crippen MR) is 90.1 cm³/mol. The monoisotopic (exact) mass is 287 g/mol. The molecule has 0 radical (unpaired) electrons. The number of nitrogens with one attached hydrogen (secondary N) is 1. The second kappa shape index (κ2) is 5.23. The summed E-state index contributed by atoms with van der Waals surface area (Å²) in [5.41, 5.74) is 7.45. The number of hydrogen-bond acceptors (Lipinski definition) is 2. The number of rotatable bonds is 3. The van der Waals surface area contributed by atoms with Crippen LogP contribution in [0.15, 0.2) is 66.7 Å². The van der Waals surface area contributed by atoms with Crippen molar-refractivity contribution in [3.8, 4) is 16.9 Å². The number of anilines is 1. The van der Waals surface area contributed by atoms with Crippen LogP contribution in [0.1, 0.15) is 16.7 Å². The normalized spacial score (nSPS) is 11.8. The van der Waals surface area contributed by atoms with Gasteiger partial charge in [-0.2, -0.15) is 0 Å². The van der Waals surface area contributed by atoms with E-state index in [0.29, 0.717) is 12.3 Å². The molecular formula is C20H17NO. The fourth-order valence-electron chi connectivity index (χ4n) is 3.11. The summed E-state index contributed by atoms with van der Waals surface area (Å²) in [6.45, 7) is 0.623. The molecule has 3 aromatic carbocycles. The number of aromatic hydroxyl groups is 1. The zero-order chi connectivity index (χ0) is 14.9. The fourth-order valence-corrected chi connectivity index (χ4v) is 3.11. The van der Waals surface area contributed by atoms with E-state index in [-0.39, 0.29) is 0 Å². The molecule has 108 valence electrons. The molecule has 2 nitrogen and oxygen atoms in total. The summed E-state index contributed by atoms with van der Waals surface area (Å²) >= 11 is 0. The summed E-state index contributed by atoms with van der Waals surface area (Å²) in [5, 5.41) is 13.2. The Morgan fingerprint density at radius 1 is 0.818 bits per heavy atom. The summed E-state index contributed by atoms with van der Waals surface area (Å²) in [6.07, 6.45) is 0.998. The van der Waals surface area contributed by atoms with Crippen LogP contribution < -0.4 is 5.32 Å². The van der Waals surface area contributed by atoms with Crippen LogP contribution in [-0.2, 0) is 13.0 Å². The first-order chi connectivity index (χ1) is 10.8. The lowest BCUT2D eigenvalue weighted by molar-refractivity contribution is 0.469. The van der Waals surface area contributed by atoms with Crippen LogP contribution in [-0.4, -0.2) is 5.11 Å². The third kappa shape index (κ3) is 2.23. The van der Waals surface area contributed by atoms with Gasteiger partial charge in [-0.1, -0.05) is 48.5 Å². The fraction of sp³-hybridized carbons (Fsp3) is 0.100. The molecule has 3 aromatic rings. The van der Waals surface area contributed by atoms with Gasteiger partial charge in [0.15, 0.2) is 0 Å². The number of benzene rings is 3. The smallest absolute Gasteiger partial charge is 0.120 e. The molecule has 0 unspecified atom stereocenters. The highest BCUT2D eigenvalue weighted by molar-refractivity contribution is 5.78. The molecule has 4 rings (SSSR count). The third-order valence-corrected chi connectivity index (χ3v) is 4.27. The van der Waals surface area contributed by atoms with Crippen molar-refractivity contribution in [1.82, 2.24) is 0 Å². The van der Waals surface area contributed by atoms with E-state index >= 15 is 0 Å². The van der Waals surface area contributed by atoms with Crippen LogP contribution in [0.2, 0.25) is 0 Å². The van der Waals surface area contributed by atoms with Crippen molar-refractivity contribution in [2.24, 2.45) is 0 Å². The number of para-hydroxylation sites is 1. The van der Waals surface area contributed by atoms with Crippen LogP contribution in [0.5, 0.6) is 5.75 Å². The van der Waals surface area contributed by atoms with Crippen molar-refractivity contribution in [3.63, 3.8) is 0 Å². The molecule has 2 N–H and O–H groups in total. The molecule has 0 atom stereocenters. The first-order valence-electron chi connectivity index (χ1n) is 7.53. The van der Waals surface area contributed by atoms with Gasteiger partial charge in [0, 0.05) is 17.8 Å². The standard InChI is InChI=1S/C20H17NO/c22-20-8-4-2-6-15(20)13-21-17-9-10-19-16(12-17)11-14-5-1-3-7-18(14)19/h1-10,12,21-22H,11,13H2. The van der Waals surface area contributed by atoms with Gasteiger partial charge in [0.25, 0.3) is 0 Å². The van der Waals surface area contributed by atoms with Gasteiger partial charge in [-0.25, -0.2) is 0 Å². The largest absolute Gasteiger partial charge is 0.508 e. The summed E-state index contributed by atoms with van der Waals surface area (Å²) in [6, 6.07) is 22.5. The molecule has 0 saturated carbocycles. The van der Waals surface area contributed by atoms with Crippen molar-refractivity contribution < 1.29 is 5.11 Å². The molecule has 0 amide bonds. The molecule has 0 heterocycles. The number of phenols is 1. The highest BCUT2D eigenvalue weighted by Gasteiger charge is 2.17. The molecule has 0 aliphatic heterocycles. The van der Waals surface area contributed by atoms with Gasteiger partial charge in [0.1, 0.15) is 5.75 Å². The van der Waals surface area contributed by atoms with Gasteiger partial charge >= 0.3 is 0 Å². The molecule has 0 saturated heterocycles. The molecule has 1 aliphatic rings. The Balaban J connectivity index is 1.56. The van der Waals surface area contributed by atoms with Crippen LogP contribution in [0.3, 0.4) is 0 Å². The number of phenolic OH excluding ortho intramolecular Hbond substituents is 1. The van der Waals surface area contributed by atoms with Crippen LogP contribution in [0.4, 0.5) is 5.69 Å². The van der Waals surface area contributed by atoms with Crippen LogP contribution >= 0.6 is 0 Å². The minimum absolute atomic E-state index is 0.337. The Labute approximate surface area is 130 Å². The van der Waals surface area contributed by atoms with Crippen molar-refractivity contribution >= 4 is 5.69 Å². The maximum Gasteiger partial charge on any atom is 0.120 e. The lowest BCUT2D eigenvalue weighted by Gasteiger charge is -2.10. The molecule has 1 aliphatic carbocycles. The predicted octanol–water partition coefficient (Wildman–Crippen LogP) is 4.58. The highest BCUT2D eigenvalue weighted by Crippen LogP contribution is 2.37. The zero-order valence-electron chi connectivity index (χ0n) is 12.2. The van der Waals surface area contributed by atoms with E-state index in [2.05, 4.69) is 47.8 Å². The zero-order valence-corrected chi connectivity index (χ0v) is 12.2. The van der Waals surface area contributed by atoms with E-state index in [4.69, 9.17) is 0 Å². The Bertz CT molecular complexity index is 839. The molecule has 0 fully saturated rings. The Hall–Kier alpha value is -2.74. The lowest BCUT2D eigenvalue weighted by atomic mass is 10.1. The van der Waals surface area contributed by atoms with E-state index in [1.807, 2.05) is 18.2 Å². The molecule has 22 heavy (non-hydrogen) atoms. The third-order valence-electron chi connectivity index (χ3n) is 4.27. The SMILES string of the molecule is Oc1ccccc1CNc1ccc2c(c1)Cc1ccccc1-2. The van der Waals surface area contributed by atoms with Crippen molar-refractivity contribution in [1.29, 1.82) is 0 Å². The maximum atomic E-state index is 9.82. The average molecular weight is 287 g/mol. The Morgan fingerprint density at radius 3 is 2.50 bits per heavy atom. The van der Waals surface area contributed by atoms with Crippen molar-refractivity contribution in [2.75, 3.05) is 5.32 Å². The van der Waals surface area contributed by atoms with Gasteiger partial charge in [-0.15, -0.1) is 0 Å². The van der Waals surface area contributed by atoms with E-state index < -0.39 is 0 Å². The van der Waals surface area contributed by atoms with Crippen LogP contribution in [0, 0.1) is 0 Å². The van der Waals surface area contributed by atoms with Gasteiger partial charge in [-0.05, 0) is 46.9 Å². The summed E-state index contributed by atoms with van der Waals surface area (Å²) < 4.78 is 0. The summed E-state index contributed by atoms with van der Waals surface area (Å²) in [4.78, 5) is 0. The molecule has 0 aromatic heterocycles. The molecular weight excluding hydrogens is 270 g/mol. The van der Waals surface area contributed by atoms with Gasteiger partial charge in [-0.3, -0.25) is 0 Å². The minimum atomic E-state index is 0.337. The average Bonchev–Trinajstić information content (AvgIpc) is 2.92. The lowest BCUT2D eigenvalue weighted by Crippen LogP contribution is -2.00. The topological polar surface area (TPSA) is 32.3 Å². The van der Waals surface area contributed by atoms with Gasteiger partial charge < -0.3 is 10.4 Å². The van der Waals surface area contributed by atoms with E-state index in [9.17, 15) is 5.11 Å². The minimum Gasteiger partial charge on any atom is -0.508 e. The van der Waals surface area contributed by atoms with Crippen molar-refractivity contribution in [3.05, 3.63) is 83.4 Å². The Morgan fingerprint density at radius 2 is 1.59 bits per heavy atom. The number of fused-ring (bicyclic) bond motifs is 3. The van der Waals surface area contributed by atoms with Crippen LogP contribution in [0.25, 0.3) is 11.1 Å². The van der Waals surface area contributed by atoms with Crippen molar-refractivity contribution in [2.45, 2.75) is 13.0 Å². The quantitative estimate of drug-likeness (QED) is 0.578. The highest BCUT2D eigenvalue weighted by atomic mass is 16.3. The number of hydrogen-bond donors (Lipinski definition) is 2. The van der Waals surface area contributed by atoms with E-state index in [0.717, 1.165) is 17.7 Å². The Kier molecular flexibility index (Phi) is 3.08. The first kappa shape index (κ1) is 13.0. The van der Waals surface area contributed by atoms with Gasteiger partial charge in [0.05, 0.1) is 0 Å². The summed E-state index contributed by atoms with van der Waals surface area (Å²) in [5.74, 6) is 0.337.